The van der Waals surface area contributed by atoms with Crippen LogP contribution in [0.3, 0.4) is 0 Å². The van der Waals surface area contributed by atoms with Gasteiger partial charge in [0.15, 0.2) is 11.4 Å². The van der Waals surface area contributed by atoms with Crippen molar-refractivity contribution >= 4 is 34.8 Å². The van der Waals surface area contributed by atoms with Crippen molar-refractivity contribution in [2.24, 2.45) is 17.6 Å². The second-order valence-electron chi connectivity index (χ2n) is 8.72. The van der Waals surface area contributed by atoms with Gasteiger partial charge in [-0.1, -0.05) is 11.6 Å². The molecule has 1 aromatic rings. The first-order chi connectivity index (χ1) is 16.4. The Morgan fingerprint density at radius 2 is 1.91 bits per heavy atom. The lowest BCUT2D eigenvalue weighted by Crippen LogP contribution is -2.67. The van der Waals surface area contributed by atoms with E-state index in [9.17, 15) is 39.9 Å². The minimum atomic E-state index is -3.07. The number of nitrogens with zero attached hydrogens (tertiary/aromatic N) is 1. The summed E-state index contributed by atoms with van der Waals surface area (Å²) in [5.41, 5.74) is -2.17. The molecule has 0 aliphatic heterocycles. The van der Waals surface area contributed by atoms with Gasteiger partial charge in [-0.05, 0) is 39.5 Å². The third-order valence-electron chi connectivity index (χ3n) is 6.93. The minimum absolute atomic E-state index is 0.0682. The number of halogens is 1. The number of hydrogen-bond acceptors (Lipinski definition) is 9. The number of primary amides is 1. The van der Waals surface area contributed by atoms with E-state index in [1.165, 1.54) is 13.0 Å². The Bertz CT molecular complexity index is 1300. The first-order valence-electron chi connectivity index (χ1n) is 11.4. The molecule has 0 unspecified atom stereocenters. The van der Waals surface area contributed by atoms with Crippen LogP contribution in [0, 0.1) is 11.8 Å². The lowest BCUT2D eigenvalue weighted by Gasteiger charge is -2.53. The Morgan fingerprint density at radius 1 is 1.27 bits per heavy atom. The topological polar surface area (TPSA) is 182 Å². The van der Waals surface area contributed by atoms with Gasteiger partial charge in [-0.15, -0.1) is 0 Å². The van der Waals surface area contributed by atoms with E-state index in [1.54, 1.807) is 0 Å². The van der Waals surface area contributed by atoms with Crippen LogP contribution in [0.2, 0.25) is 5.02 Å². The Balaban J connectivity index is 2.07. The fraction of sp³-hybridized carbons (Fsp3) is 0.409. The van der Waals surface area contributed by atoms with Crippen LogP contribution in [-0.4, -0.2) is 73.6 Å². The van der Waals surface area contributed by atoms with Crippen molar-refractivity contribution in [3.8, 4) is 5.75 Å². The number of hydrogen-bond donors (Lipinski definition) is 6. The molecule has 4 rings (SSSR count). The van der Waals surface area contributed by atoms with Crippen LogP contribution in [0.1, 0.15) is 28.6 Å². The number of Topliss-reactive ketones (excluding diaryl/α,β-unsaturated/α-hetero) is 2. The van der Waals surface area contributed by atoms with Crippen molar-refractivity contribution in [2.75, 3.05) is 14.0 Å². The summed E-state index contributed by atoms with van der Waals surface area (Å²) < 4.78 is 23.2. The third kappa shape index (κ3) is 2.75. The van der Waals surface area contributed by atoms with Gasteiger partial charge in [0, 0.05) is 32.1 Å². The van der Waals surface area contributed by atoms with Crippen molar-refractivity contribution in [3.63, 3.8) is 0 Å². The molecule has 0 heterocycles. The molecule has 7 N–H and O–H groups in total. The molecule has 0 bridgehead atoms. The van der Waals surface area contributed by atoms with Gasteiger partial charge in [-0.3, -0.25) is 19.3 Å². The van der Waals surface area contributed by atoms with Crippen molar-refractivity contribution in [2.45, 2.75) is 30.6 Å². The van der Waals surface area contributed by atoms with E-state index in [2.05, 4.69) is 0 Å². The number of carbonyl (C=O) groups is 3. The fourth-order valence-corrected chi connectivity index (χ4v) is 5.78. The van der Waals surface area contributed by atoms with Crippen LogP contribution in [0.25, 0.3) is 5.76 Å². The van der Waals surface area contributed by atoms with Crippen LogP contribution < -0.4 is 5.73 Å². The highest BCUT2D eigenvalue weighted by Crippen LogP contribution is 2.58. The average molecular weight is 483 g/mol. The number of likely N-dealkylation sites (N-methyl/N-ethyl adjacent to an activating group) is 1. The van der Waals surface area contributed by atoms with Gasteiger partial charge in [0.25, 0.3) is 5.91 Å². The van der Waals surface area contributed by atoms with E-state index in [0.717, 1.165) is 13.1 Å². The number of phenols is 1. The van der Waals surface area contributed by atoms with Crippen molar-refractivity contribution in [1.29, 1.82) is 0 Å². The first kappa shape index (κ1) is 19.5. The van der Waals surface area contributed by atoms with Crippen LogP contribution in [0.15, 0.2) is 29.0 Å². The van der Waals surface area contributed by atoms with E-state index in [0.29, 0.717) is 4.90 Å². The van der Waals surface area contributed by atoms with Crippen LogP contribution in [0.4, 0.5) is 0 Å². The van der Waals surface area contributed by atoms with Gasteiger partial charge < -0.3 is 31.3 Å². The van der Waals surface area contributed by atoms with Crippen LogP contribution in [0.5, 0.6) is 5.75 Å². The number of nitrogens with two attached hydrogens (primary N) is 1. The average Bonchev–Trinajstić information content (AvgIpc) is 2.74. The van der Waals surface area contributed by atoms with Crippen molar-refractivity contribution in [3.05, 3.63) is 45.2 Å². The largest absolute Gasteiger partial charge is 0.508 e. The summed E-state index contributed by atoms with van der Waals surface area (Å²) in [5.74, 6) is -9.98. The molecule has 0 aromatic heterocycles. The van der Waals surface area contributed by atoms with Crippen LogP contribution >= 0.6 is 11.6 Å². The standard InChI is InChI=1S/C22H23ClN2O8/c1-21(32)7-6-8-15(25(2)3)17(28)13(20(24)31)19(30)22(8,33)18(29)11(7)16(27)12-10(26)5-4-9(23)14(12)21/h4-5,7-8,15,26-27,30,32-33H,6H2,1-3H3,(H2,24,31)/t7-,8-,15-,21-,22-/m0/s1/i2+1D3. The second kappa shape index (κ2) is 7.04. The summed E-state index contributed by atoms with van der Waals surface area (Å²) in [7, 11) is 1.01. The number of ketones is 2. The number of aliphatic hydroxyl groups is 4. The molecule has 5 atom stereocenters. The van der Waals surface area contributed by atoms with Crippen molar-refractivity contribution < 1.29 is 44.0 Å². The van der Waals surface area contributed by atoms with Gasteiger partial charge in [0.1, 0.15) is 22.8 Å². The Kier molecular flexibility index (Phi) is 4.17. The fourth-order valence-electron chi connectivity index (χ4n) is 5.43. The van der Waals surface area contributed by atoms with Gasteiger partial charge in [-0.2, -0.15) is 0 Å². The molecular formula is C22H23ClN2O8. The highest BCUT2D eigenvalue weighted by molar-refractivity contribution is 6.32. The molecule has 33 heavy (non-hydrogen) atoms. The number of fused-ring (bicyclic) bond motifs is 3. The minimum Gasteiger partial charge on any atom is -0.508 e. The Hall–Kier alpha value is -2.92. The zero-order valence-corrected chi connectivity index (χ0v) is 18.2. The molecule has 3 aliphatic carbocycles. The molecule has 1 saturated carbocycles. The maximum atomic E-state index is 13.8. The van der Waals surface area contributed by atoms with Gasteiger partial charge in [0.2, 0.25) is 5.78 Å². The number of aromatic hydroxyl groups is 1. The molecule has 0 radical (unpaired) electrons. The molecule has 1 amide bonds. The summed E-state index contributed by atoms with van der Waals surface area (Å²) in [6.45, 7) is -1.71. The summed E-state index contributed by atoms with van der Waals surface area (Å²) in [4.78, 5) is 39.7. The Labute approximate surface area is 197 Å². The number of phenolic OH excluding ortho intramolecular Hbond substituents is 1. The zero-order valence-electron chi connectivity index (χ0n) is 20.5. The highest BCUT2D eigenvalue weighted by Gasteiger charge is 2.66. The van der Waals surface area contributed by atoms with Gasteiger partial charge in [-0.25, -0.2) is 0 Å². The third-order valence-corrected chi connectivity index (χ3v) is 7.25. The van der Waals surface area contributed by atoms with Crippen molar-refractivity contribution in [1.82, 2.24) is 4.90 Å². The van der Waals surface area contributed by atoms with Gasteiger partial charge in [0.05, 0.1) is 17.2 Å². The smallest absolute Gasteiger partial charge is 0.255 e. The molecule has 176 valence electrons. The normalized spacial score (nSPS) is 35.5. The summed E-state index contributed by atoms with van der Waals surface area (Å²) >= 11 is 6.26. The predicted octanol–water partition coefficient (Wildman–Crippen LogP) is 0.282. The maximum absolute atomic E-state index is 13.8. The van der Waals surface area contributed by atoms with E-state index in [1.807, 2.05) is 0 Å². The molecule has 3 aliphatic rings. The summed E-state index contributed by atoms with van der Waals surface area (Å²) in [6.07, 6.45) is -0.521. The predicted molar refractivity (Wildman–Crippen MR) is 115 cm³/mol. The van der Waals surface area contributed by atoms with E-state index < -0.39 is 88.4 Å². The molecule has 11 heteroatoms. The number of carbonyl (C=O) groups excluding carboxylic acids is 3. The number of amides is 1. The SMILES string of the molecule is [2H][13C]([2H])([2H])N(C)[C@@H]1C(=O)C(C(N)=O)=C(O)[C@@]2(O)C(=O)C3=C(O)c4c(O)ccc(Cl)c4[C@@](C)(O)[C@H]3C[C@@H]12. The zero-order chi connectivity index (χ0) is 27.3. The maximum Gasteiger partial charge on any atom is 0.255 e. The lowest BCUT2D eigenvalue weighted by molar-refractivity contribution is -0.159. The number of aliphatic hydroxyl groups excluding tert-OH is 2. The number of rotatable bonds is 2. The second-order valence-corrected chi connectivity index (χ2v) is 9.13. The van der Waals surface area contributed by atoms with E-state index >= 15 is 0 Å². The van der Waals surface area contributed by atoms with Gasteiger partial charge >= 0.3 is 0 Å². The van der Waals surface area contributed by atoms with Crippen LogP contribution in [-0.2, 0) is 20.0 Å². The highest BCUT2D eigenvalue weighted by atomic mass is 35.5. The molecule has 1 fully saturated rings. The monoisotopic (exact) mass is 482 g/mol. The molecule has 1 aromatic carbocycles. The Morgan fingerprint density at radius 3 is 2.48 bits per heavy atom. The summed E-state index contributed by atoms with van der Waals surface area (Å²) in [6, 6.07) is 0.514. The van der Waals surface area contributed by atoms with E-state index in [-0.39, 0.29) is 16.1 Å². The molecule has 10 nitrogen and oxygen atoms in total. The molecular weight excluding hydrogens is 457 g/mol. The van der Waals surface area contributed by atoms with E-state index in [4.69, 9.17) is 21.4 Å². The molecule has 0 spiro atoms. The number of benzene rings is 1. The summed E-state index contributed by atoms with van der Waals surface area (Å²) in [5, 5.41) is 55.4. The molecule has 0 saturated heterocycles. The quantitative estimate of drug-likeness (QED) is 0.255. The lowest BCUT2D eigenvalue weighted by atomic mass is 9.54. The first-order valence-corrected chi connectivity index (χ1v) is 10.2.